The van der Waals surface area contributed by atoms with Crippen molar-refractivity contribution in [3.8, 4) is 137 Å². The van der Waals surface area contributed by atoms with Crippen molar-refractivity contribution in [1.29, 1.82) is 0 Å². The van der Waals surface area contributed by atoms with Gasteiger partial charge in [0.2, 0.25) is 17.8 Å². The molecule has 0 saturated heterocycles. The van der Waals surface area contributed by atoms with Crippen molar-refractivity contribution in [3.05, 3.63) is 527 Å². The van der Waals surface area contributed by atoms with Crippen LogP contribution in [0.5, 0.6) is 0 Å². The molecule has 702 valence electrons. The largest absolute Gasteiger partial charge is 0.309 e. The van der Waals surface area contributed by atoms with E-state index in [0.717, 1.165) is 187 Å². The van der Waals surface area contributed by atoms with Crippen molar-refractivity contribution in [3.63, 3.8) is 0 Å². The SMILES string of the molecule is [2H]c1c([2H])c([2H])c(-n2c3ccccc3c3c4c5ccccc5n(-c5nc(-c6ccccc6)nc(-c6cccc(-c7ccccc7)c6)n5)c4ccc32)c([2H])c1[2H].[2H]c1c([2H])c([2H])c(-n2c3ccccc3c3c4c5ccccc5n(-c5nc(-c6ccccc6)nc(-c6ccccc6-c6ccccc6)n5)c4ccc32)c([2H])c1[2H].[2H]c1c([2H])c([2H])c(-n2c3ccccc3c3ccc4c(c5ccccc5n4-c4nc(-c5ccccc5)nc(-c5ccc(-c6ccccc6)cc5)n4)c32)c([2H])c1[2H]. The van der Waals surface area contributed by atoms with Crippen LogP contribution in [0.3, 0.4) is 0 Å². The number of para-hydroxylation sites is 9. The molecule has 0 saturated carbocycles. The van der Waals surface area contributed by atoms with Gasteiger partial charge in [-0.15, -0.1) is 0 Å². The molecule has 0 aliphatic carbocycles. The van der Waals surface area contributed by atoms with Crippen LogP contribution in [-0.2, 0) is 0 Å². The molecule has 30 aromatic rings. The molecule has 0 radical (unpaired) electrons. The van der Waals surface area contributed by atoms with Gasteiger partial charge in [-0.05, 0) is 142 Å². The summed E-state index contributed by atoms with van der Waals surface area (Å²) in [5, 5.41) is 10.9. The molecular weight excluding hydrogens is 1830 g/mol. The Kier molecular flexibility index (Phi) is 17.9. The second kappa shape index (κ2) is 37.0. The third-order valence-electron chi connectivity index (χ3n) is 27.8. The van der Waals surface area contributed by atoms with Crippen LogP contribution in [0, 0.1) is 0 Å². The first kappa shape index (κ1) is 72.7. The summed E-state index contributed by atoms with van der Waals surface area (Å²) in [5.74, 6) is 4.51. The van der Waals surface area contributed by atoms with Gasteiger partial charge in [-0.25, -0.2) is 15.0 Å². The summed E-state index contributed by atoms with van der Waals surface area (Å²) in [6.07, 6.45) is 0. The Morgan fingerprint density at radius 1 is 0.147 bits per heavy atom. The fraction of sp³-hybridized carbons (Fsp3) is 0. The summed E-state index contributed by atoms with van der Waals surface area (Å²) in [7, 11) is 0. The Balaban J connectivity index is 0.000000116. The Labute approximate surface area is 882 Å². The Morgan fingerprint density at radius 2 is 0.400 bits per heavy atom. The molecule has 15 heteroatoms. The van der Waals surface area contributed by atoms with E-state index in [-0.39, 0.29) is 89.6 Å². The summed E-state index contributed by atoms with van der Waals surface area (Å²) in [4.78, 5) is 46.0. The van der Waals surface area contributed by atoms with Crippen molar-refractivity contribution in [1.82, 2.24) is 72.3 Å². The molecular formula is C135H87N15. The van der Waals surface area contributed by atoms with Crippen LogP contribution in [-0.4, -0.2) is 72.3 Å². The number of aromatic nitrogens is 15. The number of rotatable bonds is 15. The molecule has 0 spiro atoms. The third kappa shape index (κ3) is 15.1. The lowest BCUT2D eigenvalue weighted by Gasteiger charge is -2.13. The molecule has 15 nitrogen and oxygen atoms in total. The lowest BCUT2D eigenvalue weighted by Crippen LogP contribution is -2.06. The predicted octanol–water partition coefficient (Wildman–Crippen LogP) is 33.2. The number of fused-ring (bicyclic) bond motifs is 21. The Hall–Kier alpha value is -20.6. The van der Waals surface area contributed by atoms with Gasteiger partial charge in [0, 0.05) is 115 Å². The minimum Gasteiger partial charge on any atom is -0.309 e. The molecule has 0 fully saturated rings. The Morgan fingerprint density at radius 3 is 0.807 bits per heavy atom. The van der Waals surface area contributed by atoms with Gasteiger partial charge in [0.25, 0.3) is 0 Å². The zero-order chi connectivity index (χ0) is 112. The van der Waals surface area contributed by atoms with Gasteiger partial charge in [0.15, 0.2) is 34.9 Å². The molecule has 0 N–H and O–H groups in total. The van der Waals surface area contributed by atoms with E-state index in [4.69, 9.17) is 65.4 Å². The third-order valence-corrected chi connectivity index (χ3v) is 27.8. The lowest BCUT2D eigenvalue weighted by molar-refractivity contribution is 0.953. The highest BCUT2D eigenvalue weighted by atomic mass is 15.2. The summed E-state index contributed by atoms with van der Waals surface area (Å²) in [6, 6.07) is 139. The van der Waals surface area contributed by atoms with Gasteiger partial charge in [0.1, 0.15) is 0 Å². The van der Waals surface area contributed by atoms with E-state index in [9.17, 15) is 0 Å². The van der Waals surface area contributed by atoms with E-state index in [0.29, 0.717) is 63.8 Å². The highest BCUT2D eigenvalue weighted by Crippen LogP contribution is 2.48. The van der Waals surface area contributed by atoms with Gasteiger partial charge in [-0.3, -0.25) is 13.7 Å². The molecule has 30 rings (SSSR count). The summed E-state index contributed by atoms with van der Waals surface area (Å²) in [5.41, 5.74) is 21.3. The number of hydrogen-bond acceptors (Lipinski definition) is 9. The first-order valence-corrected chi connectivity index (χ1v) is 49.2. The van der Waals surface area contributed by atoms with E-state index < -0.39 is 18.1 Å². The molecule has 0 aliphatic rings. The number of hydrogen-bond donors (Lipinski definition) is 0. The Bertz CT molecular complexity index is 11400. The second-order valence-electron chi connectivity index (χ2n) is 36.3. The molecule has 0 atom stereocenters. The van der Waals surface area contributed by atoms with Crippen molar-refractivity contribution >= 4 is 131 Å². The fourth-order valence-electron chi connectivity index (χ4n) is 21.4. The summed E-state index contributed by atoms with van der Waals surface area (Å²) in [6.45, 7) is 0. The van der Waals surface area contributed by atoms with Gasteiger partial charge in [-0.1, -0.05) is 418 Å². The normalized spacial score (nSPS) is 13.0. The minimum absolute atomic E-state index is 0.0919. The van der Waals surface area contributed by atoms with Crippen LogP contribution in [0.1, 0.15) is 20.6 Å². The summed E-state index contributed by atoms with van der Waals surface area (Å²) >= 11 is 0. The van der Waals surface area contributed by atoms with Gasteiger partial charge in [-0.2, -0.15) is 29.9 Å². The van der Waals surface area contributed by atoms with Crippen molar-refractivity contribution < 1.29 is 20.6 Å². The maximum Gasteiger partial charge on any atom is 0.238 e. The number of nitrogens with zero attached hydrogens (tertiary/aromatic N) is 15. The maximum absolute atomic E-state index is 9.02. The molecule has 0 unspecified atom stereocenters. The van der Waals surface area contributed by atoms with Crippen molar-refractivity contribution in [2.75, 3.05) is 0 Å². The molecule has 9 aromatic heterocycles. The van der Waals surface area contributed by atoms with Gasteiger partial charge < -0.3 is 13.7 Å². The van der Waals surface area contributed by atoms with Crippen LogP contribution in [0.15, 0.2) is 527 Å². The van der Waals surface area contributed by atoms with E-state index >= 15 is 0 Å². The number of benzene rings is 21. The zero-order valence-corrected chi connectivity index (χ0v) is 79.8. The zero-order valence-electron chi connectivity index (χ0n) is 94.8. The van der Waals surface area contributed by atoms with Crippen LogP contribution < -0.4 is 0 Å². The van der Waals surface area contributed by atoms with Crippen molar-refractivity contribution in [2.45, 2.75) is 0 Å². The average Bonchev–Trinajstić information content (AvgIpc) is 1.54. The van der Waals surface area contributed by atoms with Crippen LogP contribution >= 0.6 is 0 Å². The van der Waals surface area contributed by atoms with Gasteiger partial charge in [0.05, 0.1) is 86.8 Å². The van der Waals surface area contributed by atoms with E-state index in [2.05, 4.69) is 106 Å². The molecule has 0 aliphatic heterocycles. The first-order chi connectivity index (χ1) is 80.7. The minimum atomic E-state index is -0.434. The monoisotopic (exact) mass is 1930 g/mol. The van der Waals surface area contributed by atoms with E-state index in [1.54, 1.807) is 9.13 Å². The molecule has 0 bridgehead atoms. The second-order valence-corrected chi connectivity index (χ2v) is 36.3. The van der Waals surface area contributed by atoms with Crippen LogP contribution in [0.25, 0.3) is 267 Å². The first-order valence-electron chi connectivity index (χ1n) is 56.7. The molecule has 9 heterocycles. The van der Waals surface area contributed by atoms with E-state index in [1.807, 2.05) is 349 Å². The standard InChI is InChI=1S/3C45H29N5/c1-4-15-30(16-5-1)32-19-14-20-33(29-32)44-46-43(31-17-6-2-7-18-31)47-45(48-44)50-38-26-13-11-24-36(38)42-40(50)28-27-39-41(42)35-23-10-12-25-37(35)49(39)34-21-8-3-9-22-34;1-4-14-30(15-5-1)31-24-26-33(27-25-31)44-46-43(32-16-6-2-7-17-32)47-45(48-44)50-39-23-13-11-21-37(39)41-40(50)29-28-36-35-20-10-12-22-38(35)49(42(36)41)34-18-8-3-9-19-34;1-4-16-30(17-5-1)33-22-10-11-23-34(33)44-46-43(31-18-6-2-7-19-31)47-45(48-44)50-38-27-15-13-25-36(38)42-40(50)29-28-39-41(42)35-24-12-14-26-37(35)49(39)32-20-8-3-9-21-32/h3*1-29H/i3D,8D,9D,21D,22D;3D,8D,9D,18D,19D;3D,8D,9D,20D,21D. The molecule has 21 aromatic carbocycles. The average molecular weight is 1930 g/mol. The maximum atomic E-state index is 9.02. The molecule has 150 heavy (non-hydrogen) atoms. The predicted molar refractivity (Wildman–Crippen MR) is 614 cm³/mol. The smallest absolute Gasteiger partial charge is 0.238 e. The molecule has 0 amide bonds. The quantitative estimate of drug-likeness (QED) is 0.0979. The van der Waals surface area contributed by atoms with Crippen LogP contribution in [0.4, 0.5) is 0 Å². The van der Waals surface area contributed by atoms with Gasteiger partial charge >= 0.3 is 0 Å². The topological polar surface area (TPSA) is 146 Å². The van der Waals surface area contributed by atoms with E-state index in [1.165, 1.54) is 0 Å². The highest BCUT2D eigenvalue weighted by Gasteiger charge is 2.29. The lowest BCUT2D eigenvalue weighted by atomic mass is 9.99. The fourth-order valence-corrected chi connectivity index (χ4v) is 21.4. The van der Waals surface area contributed by atoms with Crippen LogP contribution in [0.2, 0.25) is 0 Å². The summed E-state index contributed by atoms with van der Waals surface area (Å²) < 4.78 is 141. The highest BCUT2D eigenvalue weighted by molar-refractivity contribution is 6.31. The van der Waals surface area contributed by atoms with Crippen molar-refractivity contribution in [2.24, 2.45) is 0 Å².